The highest BCUT2D eigenvalue weighted by molar-refractivity contribution is 5.90. The van der Waals surface area contributed by atoms with E-state index in [4.69, 9.17) is 9.26 Å². The van der Waals surface area contributed by atoms with Crippen molar-refractivity contribution in [2.75, 3.05) is 0 Å². The standard InChI is InChI=1S/C20H19F5N2O6/c1-18(2,3)19(9-12-8-13(26-33-12)32-20(24,25)15(22)23)14(10-4-6-11(21)7-5-10)31-17(30)27(19)16(28)29/h4-8,14-15H,9H2,1-3H3,(H,28,29). The van der Waals surface area contributed by atoms with Gasteiger partial charge in [0, 0.05) is 12.5 Å². The number of halogens is 5. The fourth-order valence-corrected chi connectivity index (χ4v) is 3.80. The Kier molecular flexibility index (Phi) is 6.03. The largest absolute Gasteiger partial charge is 0.465 e. The Balaban J connectivity index is 2.09. The first-order valence-electron chi connectivity index (χ1n) is 9.49. The van der Waals surface area contributed by atoms with Crippen LogP contribution in [-0.4, -0.2) is 45.4 Å². The Morgan fingerprint density at radius 2 is 1.88 bits per heavy atom. The number of hydrogen-bond acceptors (Lipinski definition) is 6. The number of aromatic nitrogens is 1. The number of carbonyl (C=O) groups excluding carboxylic acids is 1. The van der Waals surface area contributed by atoms with Gasteiger partial charge in [-0.15, -0.1) is 0 Å². The van der Waals surface area contributed by atoms with Gasteiger partial charge in [-0.1, -0.05) is 32.9 Å². The third-order valence-corrected chi connectivity index (χ3v) is 5.37. The van der Waals surface area contributed by atoms with Crippen LogP contribution >= 0.6 is 0 Å². The van der Waals surface area contributed by atoms with Crippen LogP contribution in [0.2, 0.25) is 0 Å². The molecule has 2 atom stereocenters. The van der Waals surface area contributed by atoms with Gasteiger partial charge in [0.2, 0.25) is 0 Å². The lowest BCUT2D eigenvalue weighted by molar-refractivity contribution is -0.255. The summed E-state index contributed by atoms with van der Waals surface area (Å²) in [6, 6.07) is 5.57. The maximum atomic E-state index is 13.5. The molecule has 1 aliphatic rings. The quantitative estimate of drug-likeness (QED) is 0.566. The van der Waals surface area contributed by atoms with Gasteiger partial charge in [0.15, 0.2) is 6.10 Å². The molecule has 0 spiro atoms. The number of benzene rings is 1. The Morgan fingerprint density at radius 1 is 1.27 bits per heavy atom. The van der Waals surface area contributed by atoms with Gasteiger partial charge in [-0.2, -0.15) is 17.6 Å². The van der Waals surface area contributed by atoms with Crippen LogP contribution in [0.25, 0.3) is 0 Å². The molecule has 0 aliphatic carbocycles. The molecular formula is C20H19F5N2O6. The molecule has 33 heavy (non-hydrogen) atoms. The maximum Gasteiger partial charge on any atom is 0.462 e. The predicted molar refractivity (Wildman–Crippen MR) is 99.5 cm³/mol. The molecule has 2 heterocycles. The summed E-state index contributed by atoms with van der Waals surface area (Å²) in [5.41, 5.74) is -2.56. The predicted octanol–water partition coefficient (Wildman–Crippen LogP) is 5.25. The lowest BCUT2D eigenvalue weighted by atomic mass is 9.65. The molecule has 0 saturated carbocycles. The summed E-state index contributed by atoms with van der Waals surface area (Å²) < 4.78 is 78.9. The Labute approximate surface area is 183 Å². The summed E-state index contributed by atoms with van der Waals surface area (Å²) >= 11 is 0. The van der Waals surface area contributed by atoms with Crippen molar-refractivity contribution < 1.29 is 50.6 Å². The first kappa shape index (κ1) is 24.3. The molecule has 2 aromatic rings. The van der Waals surface area contributed by atoms with Crippen molar-refractivity contribution >= 4 is 12.2 Å². The van der Waals surface area contributed by atoms with Gasteiger partial charge >= 0.3 is 24.7 Å². The number of nitrogens with zero attached hydrogens (tertiary/aromatic N) is 2. The molecule has 2 unspecified atom stereocenters. The molecule has 2 amide bonds. The highest BCUT2D eigenvalue weighted by atomic mass is 19.3. The normalized spacial score (nSPS) is 21.4. The molecule has 0 radical (unpaired) electrons. The Hall–Kier alpha value is -3.38. The van der Waals surface area contributed by atoms with E-state index in [9.17, 15) is 36.6 Å². The van der Waals surface area contributed by atoms with Crippen LogP contribution in [0.15, 0.2) is 34.9 Å². The van der Waals surface area contributed by atoms with Gasteiger partial charge in [-0.05, 0) is 28.3 Å². The summed E-state index contributed by atoms with van der Waals surface area (Å²) in [4.78, 5) is 25.1. The molecular weight excluding hydrogens is 459 g/mol. The maximum absolute atomic E-state index is 13.5. The van der Waals surface area contributed by atoms with Crippen molar-refractivity contribution in [3.63, 3.8) is 0 Å². The summed E-state index contributed by atoms with van der Waals surface area (Å²) in [5.74, 6) is -1.80. The van der Waals surface area contributed by atoms with E-state index >= 15 is 0 Å². The summed E-state index contributed by atoms with van der Waals surface area (Å²) in [7, 11) is 0. The van der Waals surface area contributed by atoms with Crippen LogP contribution in [0.1, 0.15) is 38.2 Å². The smallest absolute Gasteiger partial charge is 0.462 e. The van der Waals surface area contributed by atoms with E-state index in [2.05, 4.69) is 9.89 Å². The van der Waals surface area contributed by atoms with E-state index in [-0.39, 0.29) is 11.3 Å². The average molecular weight is 478 g/mol. The van der Waals surface area contributed by atoms with Crippen molar-refractivity contribution in [3.05, 3.63) is 47.5 Å². The summed E-state index contributed by atoms with van der Waals surface area (Å²) in [6.07, 6.45) is -13.6. The minimum Gasteiger partial charge on any atom is -0.465 e. The molecule has 1 saturated heterocycles. The van der Waals surface area contributed by atoms with Crippen LogP contribution in [-0.2, 0) is 11.2 Å². The molecule has 0 bridgehead atoms. The number of hydrogen-bond donors (Lipinski definition) is 1. The van der Waals surface area contributed by atoms with Gasteiger partial charge in [0.1, 0.15) is 17.1 Å². The highest BCUT2D eigenvalue weighted by Crippen LogP contribution is 2.53. The number of carboxylic acid groups (broad SMARTS) is 1. The minimum atomic E-state index is -4.84. The van der Waals surface area contributed by atoms with Crippen LogP contribution < -0.4 is 4.74 Å². The molecule has 1 N–H and O–H groups in total. The topological polar surface area (TPSA) is 102 Å². The fourth-order valence-electron chi connectivity index (χ4n) is 3.80. The number of amides is 2. The van der Waals surface area contributed by atoms with Gasteiger partial charge in [-0.25, -0.2) is 18.9 Å². The number of cyclic esters (lactones) is 1. The number of rotatable bonds is 6. The van der Waals surface area contributed by atoms with Crippen LogP contribution in [0.4, 0.5) is 31.5 Å². The summed E-state index contributed by atoms with van der Waals surface area (Å²) in [6.45, 7) is 4.79. The van der Waals surface area contributed by atoms with Crippen LogP contribution in [0, 0.1) is 11.2 Å². The molecule has 8 nitrogen and oxygen atoms in total. The molecule has 13 heteroatoms. The molecule has 180 valence electrons. The van der Waals surface area contributed by atoms with Crippen molar-refractivity contribution in [1.29, 1.82) is 0 Å². The molecule has 1 aromatic heterocycles. The molecule has 3 rings (SSSR count). The number of ether oxygens (including phenoxy) is 2. The first-order chi connectivity index (χ1) is 15.2. The Morgan fingerprint density at radius 3 is 2.39 bits per heavy atom. The van der Waals surface area contributed by atoms with Gasteiger partial charge in [0.05, 0.1) is 0 Å². The van der Waals surface area contributed by atoms with Crippen molar-refractivity contribution in [2.45, 2.75) is 51.4 Å². The second kappa shape index (κ2) is 8.19. The van der Waals surface area contributed by atoms with E-state index in [1.165, 1.54) is 12.1 Å². The lowest BCUT2D eigenvalue weighted by Crippen LogP contribution is -2.60. The molecule has 1 aromatic carbocycles. The van der Waals surface area contributed by atoms with E-state index in [1.54, 1.807) is 20.8 Å². The van der Waals surface area contributed by atoms with Crippen molar-refractivity contribution in [2.24, 2.45) is 5.41 Å². The highest BCUT2D eigenvalue weighted by Gasteiger charge is 2.64. The van der Waals surface area contributed by atoms with E-state index in [0.29, 0.717) is 4.90 Å². The number of imide groups is 1. The zero-order valence-electron chi connectivity index (χ0n) is 17.5. The second-order valence-electron chi connectivity index (χ2n) is 8.38. The minimum absolute atomic E-state index is 0.248. The van der Waals surface area contributed by atoms with Gasteiger partial charge in [-0.3, -0.25) is 0 Å². The fraction of sp³-hybridized carbons (Fsp3) is 0.450. The first-order valence-corrected chi connectivity index (χ1v) is 9.49. The molecule has 1 aliphatic heterocycles. The summed E-state index contributed by atoms with van der Waals surface area (Å²) in [5, 5.41) is 13.0. The lowest BCUT2D eigenvalue weighted by Gasteiger charge is -2.46. The Bertz CT molecular complexity index is 1040. The van der Waals surface area contributed by atoms with E-state index < -0.39 is 59.9 Å². The molecule has 1 fully saturated rings. The van der Waals surface area contributed by atoms with Crippen molar-refractivity contribution in [1.82, 2.24) is 10.1 Å². The number of alkyl halides is 4. The van der Waals surface area contributed by atoms with Crippen molar-refractivity contribution in [3.8, 4) is 5.88 Å². The third-order valence-electron chi connectivity index (χ3n) is 5.37. The zero-order valence-corrected chi connectivity index (χ0v) is 17.5. The monoisotopic (exact) mass is 478 g/mol. The zero-order chi connectivity index (χ0) is 24.8. The van der Waals surface area contributed by atoms with Crippen LogP contribution in [0.5, 0.6) is 5.88 Å². The van der Waals surface area contributed by atoms with E-state index in [1.807, 2.05) is 0 Å². The van der Waals surface area contributed by atoms with Gasteiger partial charge in [0.25, 0.3) is 5.88 Å². The number of carbonyl (C=O) groups is 2. The van der Waals surface area contributed by atoms with Gasteiger partial charge < -0.3 is 19.1 Å². The van der Waals surface area contributed by atoms with Crippen LogP contribution in [0.3, 0.4) is 0 Å². The van der Waals surface area contributed by atoms with E-state index in [0.717, 1.165) is 18.2 Å². The second-order valence-corrected chi connectivity index (χ2v) is 8.38. The third kappa shape index (κ3) is 4.31. The SMILES string of the molecule is CC(C)(C)C1(Cc2cc(OC(F)(F)C(F)F)no2)C(c2ccc(F)cc2)OC(=O)N1C(=O)O. The average Bonchev–Trinajstić information content (AvgIpc) is 3.23.